The smallest absolute Gasteiger partial charge is 0.246 e. The van der Waals surface area contributed by atoms with Gasteiger partial charge in [0.05, 0.1) is 23.8 Å². The lowest BCUT2D eigenvalue weighted by molar-refractivity contribution is -0.118. The van der Waals surface area contributed by atoms with Crippen LogP contribution in [0, 0.1) is 0 Å². The molecule has 0 aliphatic carbocycles. The van der Waals surface area contributed by atoms with Gasteiger partial charge in [-0.3, -0.25) is 4.79 Å². The molecule has 0 saturated carbocycles. The number of carbonyl (C=O) groups excluding carboxylic acids is 1. The number of benzene rings is 1. The minimum Gasteiger partial charge on any atom is -0.478 e. The molecule has 2 aromatic rings. The van der Waals surface area contributed by atoms with Gasteiger partial charge in [0.2, 0.25) is 11.8 Å². The summed E-state index contributed by atoms with van der Waals surface area (Å²) in [7, 11) is 0. The molecule has 0 aliphatic rings. The van der Waals surface area contributed by atoms with Crippen LogP contribution in [0.4, 0.5) is 0 Å². The molecule has 5 heteroatoms. The number of nitrogens with zero attached hydrogens (tertiary/aromatic N) is 3. The molecule has 0 spiro atoms. The normalized spacial score (nSPS) is 11.6. The second-order valence-electron chi connectivity index (χ2n) is 7.73. The van der Waals surface area contributed by atoms with Gasteiger partial charge < -0.3 is 4.74 Å². The third-order valence-corrected chi connectivity index (χ3v) is 5.03. The molecule has 1 heterocycles. The standard InChI is InChI=1S/C25H37N3O2/c1-3-5-7-9-10-15-19-30-25-20-22(27-24(29)18-14-8-6-4-2)21-26-28(25)23-16-12-11-13-17-23/h11-13,16-17,20-21H,3-10,14-15,18-19H2,1-2H3. The van der Waals surface area contributed by atoms with Crippen molar-refractivity contribution in [3.63, 3.8) is 0 Å². The van der Waals surface area contributed by atoms with Crippen molar-refractivity contribution < 1.29 is 9.53 Å². The Morgan fingerprint density at radius 3 is 2.33 bits per heavy atom. The number of rotatable bonds is 14. The molecule has 0 N–H and O–H groups in total. The number of unbranched alkanes of at least 4 members (excludes halogenated alkanes) is 8. The monoisotopic (exact) mass is 411 g/mol. The second kappa shape index (κ2) is 14.5. The first-order valence-corrected chi connectivity index (χ1v) is 11.6. The van der Waals surface area contributed by atoms with Crippen molar-refractivity contribution >= 4 is 5.91 Å². The molecule has 2 rings (SSSR count). The van der Waals surface area contributed by atoms with Gasteiger partial charge in [0, 0.05) is 12.5 Å². The van der Waals surface area contributed by atoms with Crippen molar-refractivity contribution in [1.82, 2.24) is 9.78 Å². The molecule has 0 fully saturated rings. The molecule has 0 unspecified atom stereocenters. The van der Waals surface area contributed by atoms with E-state index in [0.717, 1.165) is 37.8 Å². The molecule has 0 bridgehead atoms. The molecule has 0 atom stereocenters. The van der Waals surface area contributed by atoms with E-state index in [9.17, 15) is 4.79 Å². The predicted octanol–water partition coefficient (Wildman–Crippen LogP) is 6.01. The molecule has 30 heavy (non-hydrogen) atoms. The van der Waals surface area contributed by atoms with E-state index in [1.165, 1.54) is 32.1 Å². The van der Waals surface area contributed by atoms with E-state index in [4.69, 9.17) is 4.74 Å². The minimum absolute atomic E-state index is 0.0905. The van der Waals surface area contributed by atoms with Crippen molar-refractivity contribution in [2.75, 3.05) is 6.61 Å². The Morgan fingerprint density at radius 1 is 0.933 bits per heavy atom. The fraction of sp³-hybridized carbons (Fsp3) is 0.560. The molecular weight excluding hydrogens is 374 g/mol. The zero-order chi connectivity index (χ0) is 21.4. The molecular formula is C25H37N3O2. The van der Waals surface area contributed by atoms with Gasteiger partial charge in [-0.2, -0.15) is 5.10 Å². The average molecular weight is 412 g/mol. The van der Waals surface area contributed by atoms with Crippen LogP contribution >= 0.6 is 0 Å². The Hall–Kier alpha value is -2.43. The van der Waals surface area contributed by atoms with Gasteiger partial charge in [0.15, 0.2) is 0 Å². The summed E-state index contributed by atoms with van der Waals surface area (Å²) in [6, 6.07) is 11.7. The van der Waals surface area contributed by atoms with Crippen molar-refractivity contribution in [2.45, 2.75) is 84.5 Å². The van der Waals surface area contributed by atoms with E-state index in [2.05, 4.69) is 23.9 Å². The number of hydrogen-bond donors (Lipinski definition) is 0. The summed E-state index contributed by atoms with van der Waals surface area (Å²) in [5.74, 6) is 0.530. The van der Waals surface area contributed by atoms with Crippen molar-refractivity contribution in [3.8, 4) is 11.6 Å². The summed E-state index contributed by atoms with van der Waals surface area (Å²) in [5.41, 5.74) is 0.924. The van der Waals surface area contributed by atoms with E-state index in [1.54, 1.807) is 10.9 Å². The Bertz CT molecular complexity index is 800. The highest BCUT2D eigenvalue weighted by Crippen LogP contribution is 2.15. The van der Waals surface area contributed by atoms with Gasteiger partial charge in [-0.25, -0.2) is 9.67 Å². The van der Waals surface area contributed by atoms with Gasteiger partial charge in [-0.05, 0) is 25.0 Å². The van der Waals surface area contributed by atoms with Gasteiger partial charge >= 0.3 is 0 Å². The summed E-state index contributed by atoms with van der Waals surface area (Å²) in [6.45, 7) is 5.03. The minimum atomic E-state index is -0.0905. The van der Waals surface area contributed by atoms with Gasteiger partial charge in [0.25, 0.3) is 0 Å². The molecule has 1 aromatic carbocycles. The third kappa shape index (κ3) is 8.93. The third-order valence-electron chi connectivity index (χ3n) is 5.03. The topological polar surface area (TPSA) is 56.5 Å². The maximum Gasteiger partial charge on any atom is 0.246 e. The fourth-order valence-electron chi connectivity index (χ4n) is 3.29. The summed E-state index contributed by atoms with van der Waals surface area (Å²) in [5, 5.41) is 5.05. The highest BCUT2D eigenvalue weighted by molar-refractivity contribution is 5.76. The zero-order valence-corrected chi connectivity index (χ0v) is 18.7. The Morgan fingerprint density at radius 2 is 1.60 bits per heavy atom. The summed E-state index contributed by atoms with van der Waals surface area (Å²) in [4.78, 5) is 16.4. The number of hydrogen-bond acceptors (Lipinski definition) is 3. The van der Waals surface area contributed by atoms with Gasteiger partial charge in [0.1, 0.15) is 0 Å². The van der Waals surface area contributed by atoms with E-state index in [1.807, 2.05) is 36.4 Å². The lowest BCUT2D eigenvalue weighted by atomic mass is 10.1. The van der Waals surface area contributed by atoms with Gasteiger partial charge in [-0.1, -0.05) is 83.4 Å². The first-order chi connectivity index (χ1) is 14.7. The molecule has 164 valence electrons. The first kappa shape index (κ1) is 23.8. The predicted molar refractivity (Wildman–Crippen MR) is 122 cm³/mol. The van der Waals surface area contributed by atoms with Crippen molar-refractivity contribution in [2.24, 2.45) is 4.99 Å². The maximum absolute atomic E-state index is 12.2. The maximum atomic E-state index is 12.2. The average Bonchev–Trinajstić information content (AvgIpc) is 2.77. The summed E-state index contributed by atoms with van der Waals surface area (Å²) >= 11 is 0. The largest absolute Gasteiger partial charge is 0.478 e. The van der Waals surface area contributed by atoms with Crippen LogP contribution < -0.4 is 10.1 Å². The van der Waals surface area contributed by atoms with Crippen molar-refractivity contribution in [3.05, 3.63) is 48.0 Å². The van der Waals surface area contributed by atoms with Crippen LogP contribution in [0.1, 0.15) is 84.5 Å². The Balaban J connectivity index is 2.05. The number of amides is 1. The fourth-order valence-corrected chi connectivity index (χ4v) is 3.29. The molecule has 0 saturated heterocycles. The number of ether oxygens (including phenoxy) is 1. The lowest BCUT2D eigenvalue weighted by Gasteiger charge is -2.13. The number of aromatic nitrogens is 2. The lowest BCUT2D eigenvalue weighted by Crippen LogP contribution is -2.15. The van der Waals surface area contributed by atoms with Crippen LogP contribution in [0.5, 0.6) is 5.88 Å². The van der Waals surface area contributed by atoms with Crippen LogP contribution in [-0.4, -0.2) is 22.3 Å². The molecule has 5 nitrogen and oxygen atoms in total. The van der Waals surface area contributed by atoms with Crippen LogP contribution in [0.2, 0.25) is 0 Å². The van der Waals surface area contributed by atoms with E-state index >= 15 is 0 Å². The quantitative estimate of drug-likeness (QED) is 0.358. The first-order valence-electron chi connectivity index (χ1n) is 11.6. The molecule has 0 radical (unpaired) electrons. The Labute approximate surface area is 181 Å². The van der Waals surface area contributed by atoms with Crippen LogP contribution in [0.3, 0.4) is 0 Å². The SMILES string of the molecule is CCCCCCCCOc1cc(=NC(=O)CCCCCC)cnn1-c1ccccc1. The zero-order valence-electron chi connectivity index (χ0n) is 18.7. The number of carbonyl (C=O) groups is 1. The summed E-state index contributed by atoms with van der Waals surface area (Å²) < 4.78 is 7.83. The second-order valence-corrected chi connectivity index (χ2v) is 7.73. The summed E-state index contributed by atoms with van der Waals surface area (Å²) in [6.07, 6.45) is 13.7. The van der Waals surface area contributed by atoms with E-state index in [0.29, 0.717) is 24.3 Å². The Kier molecular flexibility index (Phi) is 11.6. The highest BCUT2D eigenvalue weighted by atomic mass is 16.5. The van der Waals surface area contributed by atoms with Crippen molar-refractivity contribution in [1.29, 1.82) is 0 Å². The van der Waals surface area contributed by atoms with Crippen LogP contribution in [-0.2, 0) is 4.79 Å². The van der Waals surface area contributed by atoms with Crippen LogP contribution in [0.25, 0.3) is 5.69 Å². The molecule has 1 aromatic heterocycles. The molecule has 0 aliphatic heterocycles. The van der Waals surface area contributed by atoms with E-state index in [-0.39, 0.29) is 5.91 Å². The highest BCUT2D eigenvalue weighted by Gasteiger charge is 2.07. The number of para-hydroxylation sites is 1. The van der Waals surface area contributed by atoms with Crippen LogP contribution in [0.15, 0.2) is 47.6 Å². The molecule has 1 amide bonds. The van der Waals surface area contributed by atoms with E-state index < -0.39 is 0 Å². The van der Waals surface area contributed by atoms with Gasteiger partial charge in [-0.15, -0.1) is 0 Å².